The van der Waals surface area contributed by atoms with Gasteiger partial charge >= 0.3 is 6.18 Å². The van der Waals surface area contributed by atoms with E-state index in [0.717, 1.165) is 25.7 Å². The Balaban J connectivity index is 1.91. The van der Waals surface area contributed by atoms with Crippen molar-refractivity contribution in [2.24, 2.45) is 11.1 Å². The number of hydrogen-bond donors (Lipinski definition) is 2. The molecule has 0 amide bonds. The number of halogens is 3. The van der Waals surface area contributed by atoms with Crippen LogP contribution < -0.4 is 11.1 Å². The second-order valence-corrected chi connectivity index (χ2v) is 6.16. The van der Waals surface area contributed by atoms with Gasteiger partial charge in [0, 0.05) is 12.1 Å². The molecule has 5 heteroatoms. The number of rotatable bonds is 3. The normalized spacial score (nSPS) is 26.7. The van der Waals surface area contributed by atoms with E-state index in [1.54, 1.807) is 0 Å². The molecule has 0 aliphatic heterocycles. The van der Waals surface area contributed by atoms with Crippen LogP contribution in [0.5, 0.6) is 0 Å². The first kappa shape index (κ1) is 14.1. The van der Waals surface area contributed by atoms with Crippen LogP contribution in [-0.4, -0.2) is 24.8 Å². The van der Waals surface area contributed by atoms with Gasteiger partial charge in [-0.25, -0.2) is 0 Å². The first-order chi connectivity index (χ1) is 8.39. The third kappa shape index (κ3) is 3.18. The fraction of sp³-hybridized carbons (Fsp3) is 1.00. The molecule has 2 rings (SSSR count). The van der Waals surface area contributed by atoms with Crippen LogP contribution in [0.15, 0.2) is 0 Å². The molecule has 0 aromatic carbocycles. The molecule has 0 aromatic rings. The van der Waals surface area contributed by atoms with E-state index in [-0.39, 0.29) is 0 Å². The highest BCUT2D eigenvalue weighted by molar-refractivity contribution is 5.00. The van der Waals surface area contributed by atoms with Crippen LogP contribution in [-0.2, 0) is 0 Å². The lowest BCUT2D eigenvalue weighted by Crippen LogP contribution is -2.56. The van der Waals surface area contributed by atoms with Crippen LogP contribution in [0.1, 0.15) is 51.4 Å². The van der Waals surface area contributed by atoms with E-state index in [2.05, 4.69) is 5.32 Å². The van der Waals surface area contributed by atoms with Crippen LogP contribution in [0, 0.1) is 5.41 Å². The predicted octanol–water partition coefficient (Wildman–Crippen LogP) is 2.97. The fourth-order valence-electron chi connectivity index (χ4n) is 3.62. The highest BCUT2D eigenvalue weighted by atomic mass is 19.4. The second kappa shape index (κ2) is 5.00. The summed E-state index contributed by atoms with van der Waals surface area (Å²) in [4.78, 5) is 0. The maximum Gasteiger partial charge on any atom is 0.401 e. The van der Waals surface area contributed by atoms with Gasteiger partial charge in [0.25, 0.3) is 0 Å². The van der Waals surface area contributed by atoms with Gasteiger partial charge in [-0.15, -0.1) is 0 Å². The van der Waals surface area contributed by atoms with Gasteiger partial charge in [-0.3, -0.25) is 0 Å². The number of nitrogens with one attached hydrogen (secondary N) is 1. The predicted molar refractivity (Wildman–Crippen MR) is 65.2 cm³/mol. The Hall–Kier alpha value is -0.290. The van der Waals surface area contributed by atoms with E-state index in [1.807, 2.05) is 0 Å². The molecule has 18 heavy (non-hydrogen) atoms. The average molecular weight is 264 g/mol. The topological polar surface area (TPSA) is 38.0 Å². The maximum absolute atomic E-state index is 12.3. The summed E-state index contributed by atoms with van der Waals surface area (Å²) in [6.45, 7) is -0.615. The van der Waals surface area contributed by atoms with Gasteiger partial charge in [0.15, 0.2) is 0 Å². The number of nitrogens with two attached hydrogens (primary N) is 1. The zero-order valence-corrected chi connectivity index (χ0v) is 10.8. The lowest BCUT2D eigenvalue weighted by atomic mass is 9.66. The van der Waals surface area contributed by atoms with Gasteiger partial charge in [-0.05, 0) is 43.9 Å². The minimum absolute atomic E-state index is 0.305. The zero-order chi connectivity index (χ0) is 13.3. The van der Waals surface area contributed by atoms with Crippen molar-refractivity contribution < 1.29 is 13.2 Å². The quantitative estimate of drug-likeness (QED) is 0.822. The summed E-state index contributed by atoms with van der Waals surface area (Å²) in [7, 11) is 0. The smallest absolute Gasteiger partial charge is 0.329 e. The summed E-state index contributed by atoms with van der Waals surface area (Å²) in [5.41, 5.74) is 5.67. The van der Waals surface area contributed by atoms with Crippen LogP contribution in [0.25, 0.3) is 0 Å². The highest BCUT2D eigenvalue weighted by Gasteiger charge is 2.44. The lowest BCUT2D eigenvalue weighted by molar-refractivity contribution is -0.130. The van der Waals surface area contributed by atoms with Crippen molar-refractivity contribution in [1.82, 2.24) is 5.32 Å². The van der Waals surface area contributed by atoms with Crippen molar-refractivity contribution >= 4 is 0 Å². The molecule has 0 aromatic heterocycles. The van der Waals surface area contributed by atoms with Crippen molar-refractivity contribution in [2.75, 3.05) is 13.1 Å². The van der Waals surface area contributed by atoms with Gasteiger partial charge in [0.05, 0.1) is 6.54 Å². The monoisotopic (exact) mass is 264 g/mol. The maximum atomic E-state index is 12.3. The van der Waals surface area contributed by atoms with E-state index < -0.39 is 18.3 Å². The summed E-state index contributed by atoms with van der Waals surface area (Å²) in [5.74, 6) is 0. The highest BCUT2D eigenvalue weighted by Crippen LogP contribution is 2.51. The summed E-state index contributed by atoms with van der Waals surface area (Å²) in [6, 6.07) is 0. The van der Waals surface area contributed by atoms with Crippen molar-refractivity contribution in [3.05, 3.63) is 0 Å². The third-order valence-electron chi connectivity index (χ3n) is 4.99. The Morgan fingerprint density at radius 2 is 1.50 bits per heavy atom. The minimum atomic E-state index is -4.15. The number of hydrogen-bond acceptors (Lipinski definition) is 2. The standard InChI is InChI=1S/C13H23F3N2/c14-13(15,16)10-18-12(9-17)7-5-11(6-8-12)3-1-2-4-11/h18H,1-10,17H2. The SMILES string of the molecule is NCC1(NCC(F)(F)F)CCC2(CCCC2)CC1. The molecular formula is C13H23F3N2. The van der Waals surface area contributed by atoms with Gasteiger partial charge in [-0.2, -0.15) is 13.2 Å². The second-order valence-electron chi connectivity index (χ2n) is 6.16. The summed E-state index contributed by atoms with van der Waals surface area (Å²) in [5, 5.41) is 2.68. The molecule has 2 fully saturated rings. The van der Waals surface area contributed by atoms with Crippen molar-refractivity contribution in [3.8, 4) is 0 Å². The van der Waals surface area contributed by atoms with Crippen molar-refractivity contribution in [2.45, 2.75) is 63.1 Å². The van der Waals surface area contributed by atoms with E-state index in [1.165, 1.54) is 25.7 Å². The lowest BCUT2D eigenvalue weighted by Gasteiger charge is -2.45. The molecule has 0 saturated heterocycles. The molecular weight excluding hydrogens is 241 g/mol. The molecule has 106 valence electrons. The number of alkyl halides is 3. The largest absolute Gasteiger partial charge is 0.401 e. The van der Waals surface area contributed by atoms with E-state index >= 15 is 0 Å². The minimum Gasteiger partial charge on any atom is -0.329 e. The summed E-state index contributed by atoms with van der Waals surface area (Å²) >= 11 is 0. The molecule has 3 N–H and O–H groups in total. The third-order valence-corrected chi connectivity index (χ3v) is 4.99. The van der Waals surface area contributed by atoms with E-state index in [0.29, 0.717) is 12.0 Å². The van der Waals surface area contributed by atoms with Crippen molar-refractivity contribution in [3.63, 3.8) is 0 Å². The Kier molecular flexibility index (Phi) is 3.93. The van der Waals surface area contributed by atoms with Crippen LogP contribution in [0.3, 0.4) is 0 Å². The van der Waals surface area contributed by atoms with Crippen LogP contribution in [0.2, 0.25) is 0 Å². The molecule has 0 radical (unpaired) electrons. The molecule has 2 aliphatic rings. The van der Waals surface area contributed by atoms with Gasteiger partial charge in [-0.1, -0.05) is 12.8 Å². The van der Waals surface area contributed by atoms with Gasteiger partial charge < -0.3 is 11.1 Å². The summed E-state index contributed by atoms with van der Waals surface area (Å²) in [6.07, 6.45) is 4.59. The molecule has 0 atom stereocenters. The van der Waals surface area contributed by atoms with Gasteiger partial charge in [0.1, 0.15) is 0 Å². The molecule has 0 bridgehead atoms. The molecule has 0 unspecified atom stereocenters. The first-order valence-corrected chi connectivity index (χ1v) is 6.91. The fourth-order valence-corrected chi connectivity index (χ4v) is 3.62. The molecule has 1 spiro atoms. The Bertz CT molecular complexity index is 272. The Morgan fingerprint density at radius 1 is 0.944 bits per heavy atom. The molecule has 2 nitrogen and oxygen atoms in total. The summed E-state index contributed by atoms with van der Waals surface area (Å²) < 4.78 is 36.9. The first-order valence-electron chi connectivity index (χ1n) is 6.91. The van der Waals surface area contributed by atoms with E-state index in [4.69, 9.17) is 5.73 Å². The molecule has 2 saturated carbocycles. The van der Waals surface area contributed by atoms with Crippen LogP contribution in [0.4, 0.5) is 13.2 Å². The van der Waals surface area contributed by atoms with Crippen molar-refractivity contribution in [1.29, 1.82) is 0 Å². The molecule has 0 heterocycles. The Labute approximate surface area is 106 Å². The zero-order valence-electron chi connectivity index (χ0n) is 10.8. The van der Waals surface area contributed by atoms with Gasteiger partial charge in [0.2, 0.25) is 0 Å². The average Bonchev–Trinajstić information content (AvgIpc) is 2.77. The Morgan fingerprint density at radius 3 is 1.94 bits per heavy atom. The molecule has 2 aliphatic carbocycles. The van der Waals surface area contributed by atoms with Crippen LogP contribution >= 0.6 is 0 Å². The van der Waals surface area contributed by atoms with E-state index in [9.17, 15) is 13.2 Å².